The lowest BCUT2D eigenvalue weighted by Gasteiger charge is -2.24. The quantitative estimate of drug-likeness (QED) is 0.719. The van der Waals surface area contributed by atoms with E-state index >= 15 is 0 Å². The molecule has 0 unspecified atom stereocenters. The molecule has 1 aromatic rings. The zero-order valence-electron chi connectivity index (χ0n) is 12.1. The van der Waals surface area contributed by atoms with Crippen LogP contribution in [0.3, 0.4) is 0 Å². The van der Waals surface area contributed by atoms with Gasteiger partial charge in [-0.05, 0) is 25.8 Å². The Hall–Kier alpha value is -1.23. The number of carbonyl (C=O) groups is 1. The molecule has 0 N–H and O–H groups in total. The van der Waals surface area contributed by atoms with Crippen LogP contribution in [-0.4, -0.2) is 30.9 Å². The van der Waals surface area contributed by atoms with E-state index in [0.717, 1.165) is 11.8 Å². The van der Waals surface area contributed by atoms with Crippen LogP contribution in [0, 0.1) is 0 Å². The largest absolute Gasteiger partial charge is 0.371 e. The zero-order chi connectivity index (χ0) is 14.4. The fraction of sp³-hybridized carbons (Fsp3) is 0.562. The van der Waals surface area contributed by atoms with Gasteiger partial charge in [-0.1, -0.05) is 30.3 Å². The number of carbonyl (C=O) groups excluding carboxylic acids is 1. The SMILES string of the molecule is CC1(C)OC[C@H]([C@H](CCC=O)OCc2ccccc2)O1. The summed E-state index contributed by atoms with van der Waals surface area (Å²) in [7, 11) is 0. The topological polar surface area (TPSA) is 44.8 Å². The van der Waals surface area contributed by atoms with Crippen LogP contribution in [0.5, 0.6) is 0 Å². The van der Waals surface area contributed by atoms with Crippen molar-refractivity contribution in [1.29, 1.82) is 0 Å². The third kappa shape index (κ3) is 4.40. The number of aldehydes is 1. The summed E-state index contributed by atoms with van der Waals surface area (Å²) in [5.41, 5.74) is 1.11. The molecule has 1 saturated heterocycles. The van der Waals surface area contributed by atoms with Gasteiger partial charge in [0.1, 0.15) is 12.4 Å². The Kier molecular flexibility index (Phi) is 5.29. The van der Waals surface area contributed by atoms with Gasteiger partial charge in [0.05, 0.1) is 19.3 Å². The Labute approximate surface area is 120 Å². The van der Waals surface area contributed by atoms with Gasteiger partial charge in [0, 0.05) is 6.42 Å². The van der Waals surface area contributed by atoms with E-state index in [1.165, 1.54) is 0 Å². The summed E-state index contributed by atoms with van der Waals surface area (Å²) in [6.07, 6.45) is 1.80. The summed E-state index contributed by atoms with van der Waals surface area (Å²) in [5.74, 6) is -0.569. The van der Waals surface area contributed by atoms with Crippen molar-refractivity contribution in [1.82, 2.24) is 0 Å². The highest BCUT2D eigenvalue weighted by molar-refractivity contribution is 5.49. The molecule has 1 aromatic carbocycles. The summed E-state index contributed by atoms with van der Waals surface area (Å²) in [6.45, 7) is 4.80. The van der Waals surface area contributed by atoms with Crippen LogP contribution in [0.25, 0.3) is 0 Å². The lowest BCUT2D eigenvalue weighted by Crippen LogP contribution is -2.33. The first-order valence-corrected chi connectivity index (χ1v) is 7.02. The molecular weight excluding hydrogens is 256 g/mol. The fourth-order valence-electron chi connectivity index (χ4n) is 2.28. The zero-order valence-corrected chi connectivity index (χ0v) is 12.1. The minimum absolute atomic E-state index is 0.117. The minimum Gasteiger partial charge on any atom is -0.371 e. The molecule has 0 aliphatic carbocycles. The summed E-state index contributed by atoms with van der Waals surface area (Å²) >= 11 is 0. The maximum atomic E-state index is 10.6. The Morgan fingerprint density at radius 2 is 2.15 bits per heavy atom. The molecule has 2 rings (SSSR count). The van der Waals surface area contributed by atoms with Crippen molar-refractivity contribution in [3.8, 4) is 0 Å². The third-order valence-electron chi connectivity index (χ3n) is 3.32. The van der Waals surface area contributed by atoms with Gasteiger partial charge in [-0.25, -0.2) is 0 Å². The molecule has 2 atom stereocenters. The van der Waals surface area contributed by atoms with Crippen molar-refractivity contribution >= 4 is 6.29 Å². The summed E-state index contributed by atoms with van der Waals surface area (Å²) < 4.78 is 17.4. The first kappa shape index (κ1) is 15.2. The summed E-state index contributed by atoms with van der Waals surface area (Å²) in [4.78, 5) is 10.6. The average molecular weight is 278 g/mol. The Morgan fingerprint density at radius 1 is 1.40 bits per heavy atom. The molecule has 0 radical (unpaired) electrons. The van der Waals surface area contributed by atoms with Crippen LogP contribution in [0.1, 0.15) is 32.3 Å². The van der Waals surface area contributed by atoms with Gasteiger partial charge in [-0.3, -0.25) is 0 Å². The van der Waals surface area contributed by atoms with E-state index < -0.39 is 5.79 Å². The highest BCUT2D eigenvalue weighted by atomic mass is 16.7. The molecule has 1 fully saturated rings. The van der Waals surface area contributed by atoms with Crippen molar-refractivity contribution < 1.29 is 19.0 Å². The predicted molar refractivity (Wildman–Crippen MR) is 75.2 cm³/mol. The average Bonchev–Trinajstić information content (AvgIpc) is 2.80. The highest BCUT2D eigenvalue weighted by Gasteiger charge is 2.37. The molecule has 0 bridgehead atoms. The molecule has 20 heavy (non-hydrogen) atoms. The standard InChI is InChI=1S/C16H22O4/c1-16(2)19-12-15(20-16)14(9-6-10-17)18-11-13-7-4-3-5-8-13/h3-5,7-8,10,14-15H,6,9,11-12H2,1-2H3/t14-,15+/m0/s1. The molecule has 0 amide bonds. The van der Waals surface area contributed by atoms with Gasteiger partial charge < -0.3 is 19.0 Å². The van der Waals surface area contributed by atoms with Crippen molar-refractivity contribution in [2.45, 2.75) is 51.3 Å². The number of hydrogen-bond donors (Lipinski definition) is 0. The van der Waals surface area contributed by atoms with Gasteiger partial charge in [0.25, 0.3) is 0 Å². The van der Waals surface area contributed by atoms with Crippen molar-refractivity contribution in [2.24, 2.45) is 0 Å². The fourth-order valence-corrected chi connectivity index (χ4v) is 2.28. The first-order valence-electron chi connectivity index (χ1n) is 7.02. The van der Waals surface area contributed by atoms with Gasteiger partial charge in [-0.15, -0.1) is 0 Å². The van der Waals surface area contributed by atoms with E-state index in [-0.39, 0.29) is 12.2 Å². The molecular formula is C16H22O4. The summed E-state index contributed by atoms with van der Waals surface area (Å²) in [5, 5.41) is 0. The molecule has 1 aliphatic rings. The molecule has 0 saturated carbocycles. The lowest BCUT2D eigenvalue weighted by molar-refractivity contribution is -0.158. The van der Waals surface area contributed by atoms with Crippen LogP contribution in [0.2, 0.25) is 0 Å². The van der Waals surface area contributed by atoms with Crippen LogP contribution in [0.15, 0.2) is 30.3 Å². The van der Waals surface area contributed by atoms with Crippen molar-refractivity contribution in [2.75, 3.05) is 6.61 Å². The van der Waals surface area contributed by atoms with Crippen molar-refractivity contribution in [3.05, 3.63) is 35.9 Å². The summed E-state index contributed by atoms with van der Waals surface area (Å²) in [6, 6.07) is 9.98. The monoisotopic (exact) mass is 278 g/mol. The third-order valence-corrected chi connectivity index (χ3v) is 3.32. The van der Waals surface area contributed by atoms with E-state index in [0.29, 0.717) is 26.1 Å². The molecule has 1 heterocycles. The maximum absolute atomic E-state index is 10.6. The van der Waals surface area contributed by atoms with E-state index in [4.69, 9.17) is 14.2 Å². The van der Waals surface area contributed by atoms with Crippen LogP contribution >= 0.6 is 0 Å². The molecule has 4 nitrogen and oxygen atoms in total. The van der Waals surface area contributed by atoms with E-state index in [1.807, 2.05) is 44.2 Å². The van der Waals surface area contributed by atoms with E-state index in [1.54, 1.807) is 0 Å². The number of hydrogen-bond acceptors (Lipinski definition) is 4. The second-order valence-corrected chi connectivity index (χ2v) is 5.45. The Balaban J connectivity index is 1.92. The molecule has 0 spiro atoms. The van der Waals surface area contributed by atoms with Crippen LogP contribution in [0.4, 0.5) is 0 Å². The van der Waals surface area contributed by atoms with Gasteiger partial charge in [-0.2, -0.15) is 0 Å². The second-order valence-electron chi connectivity index (χ2n) is 5.45. The van der Waals surface area contributed by atoms with Crippen LogP contribution in [-0.2, 0) is 25.6 Å². The maximum Gasteiger partial charge on any atom is 0.163 e. The minimum atomic E-state index is -0.569. The lowest BCUT2D eigenvalue weighted by atomic mass is 10.1. The second kappa shape index (κ2) is 6.97. The highest BCUT2D eigenvalue weighted by Crippen LogP contribution is 2.27. The molecule has 110 valence electrons. The van der Waals surface area contributed by atoms with Gasteiger partial charge >= 0.3 is 0 Å². The Bertz CT molecular complexity index is 416. The number of ether oxygens (including phenoxy) is 3. The number of benzene rings is 1. The Morgan fingerprint density at radius 3 is 2.75 bits per heavy atom. The molecule has 1 aliphatic heterocycles. The smallest absolute Gasteiger partial charge is 0.163 e. The van der Waals surface area contributed by atoms with Crippen LogP contribution < -0.4 is 0 Å². The van der Waals surface area contributed by atoms with E-state index in [9.17, 15) is 4.79 Å². The number of rotatable bonds is 7. The first-order chi connectivity index (χ1) is 9.61. The predicted octanol–water partition coefficient (Wildman–Crippen LogP) is 2.70. The molecule has 4 heteroatoms. The normalized spacial score (nSPS) is 22.6. The van der Waals surface area contributed by atoms with Gasteiger partial charge in [0.2, 0.25) is 0 Å². The van der Waals surface area contributed by atoms with Gasteiger partial charge in [0.15, 0.2) is 5.79 Å². The van der Waals surface area contributed by atoms with E-state index in [2.05, 4.69) is 0 Å². The molecule has 0 aromatic heterocycles. The van der Waals surface area contributed by atoms with Crippen molar-refractivity contribution in [3.63, 3.8) is 0 Å².